The first-order chi connectivity index (χ1) is 14.3. The van der Waals surface area contributed by atoms with Gasteiger partial charge in [-0.2, -0.15) is 0 Å². The molecule has 0 radical (unpaired) electrons. The number of nitro groups is 2. The molecule has 0 spiro atoms. The highest BCUT2D eigenvalue weighted by atomic mass is 16.6. The van der Waals surface area contributed by atoms with Gasteiger partial charge in [0, 0.05) is 36.0 Å². The van der Waals surface area contributed by atoms with Gasteiger partial charge in [-0.15, -0.1) is 0 Å². The Kier molecular flexibility index (Phi) is 4.43. The molecule has 0 atom stereocenters. The summed E-state index contributed by atoms with van der Waals surface area (Å²) in [6.07, 6.45) is 1.39. The summed E-state index contributed by atoms with van der Waals surface area (Å²) in [6.45, 7) is 0. The van der Waals surface area contributed by atoms with Gasteiger partial charge in [0.25, 0.3) is 11.4 Å². The van der Waals surface area contributed by atoms with Crippen molar-refractivity contribution in [3.63, 3.8) is 0 Å². The summed E-state index contributed by atoms with van der Waals surface area (Å²) in [5, 5.41) is 32.5. The van der Waals surface area contributed by atoms with E-state index in [1.54, 1.807) is 12.1 Å². The second-order valence-electron chi connectivity index (χ2n) is 6.29. The minimum atomic E-state index is -0.857. The molecule has 4 rings (SSSR count). The molecule has 2 aromatic heterocycles. The third kappa shape index (κ3) is 3.22. The van der Waals surface area contributed by atoms with Gasteiger partial charge in [0.2, 0.25) is 0 Å². The van der Waals surface area contributed by atoms with E-state index in [1.165, 1.54) is 36.5 Å². The van der Waals surface area contributed by atoms with Crippen molar-refractivity contribution in [2.75, 3.05) is 0 Å². The zero-order chi connectivity index (χ0) is 21.4. The number of non-ortho nitro benzene ring substituents is 2. The molecule has 0 saturated heterocycles. The number of nitrogens with zero attached hydrogens (tertiary/aromatic N) is 3. The minimum Gasteiger partial charge on any atom is -0.506 e. The van der Waals surface area contributed by atoms with Crippen molar-refractivity contribution in [2.24, 2.45) is 0 Å². The largest absolute Gasteiger partial charge is 0.506 e. The molecular formula is C20H11N3O7. The molecule has 0 fully saturated rings. The second kappa shape index (κ2) is 7.09. The Labute approximate surface area is 167 Å². The van der Waals surface area contributed by atoms with Gasteiger partial charge < -0.3 is 9.52 Å². The van der Waals surface area contributed by atoms with Crippen molar-refractivity contribution < 1.29 is 19.4 Å². The van der Waals surface area contributed by atoms with Gasteiger partial charge in [-0.25, -0.2) is 4.79 Å². The molecule has 10 heteroatoms. The fraction of sp³-hybridized carbons (Fsp3) is 0. The van der Waals surface area contributed by atoms with E-state index < -0.39 is 21.2 Å². The molecule has 0 bridgehead atoms. The van der Waals surface area contributed by atoms with E-state index in [1.807, 2.05) is 0 Å². The predicted molar refractivity (Wildman–Crippen MR) is 106 cm³/mol. The molecule has 10 nitrogen and oxygen atoms in total. The van der Waals surface area contributed by atoms with Crippen molar-refractivity contribution in [1.29, 1.82) is 0 Å². The van der Waals surface area contributed by atoms with Crippen LogP contribution >= 0.6 is 0 Å². The lowest BCUT2D eigenvalue weighted by molar-refractivity contribution is -0.384. The molecular weight excluding hydrogens is 394 g/mol. The maximum Gasteiger partial charge on any atom is 0.349 e. The van der Waals surface area contributed by atoms with Crippen molar-refractivity contribution in [3.05, 3.63) is 91.4 Å². The van der Waals surface area contributed by atoms with E-state index in [4.69, 9.17) is 4.42 Å². The summed E-state index contributed by atoms with van der Waals surface area (Å²) in [5.74, 6) is -0.486. The summed E-state index contributed by atoms with van der Waals surface area (Å²) in [4.78, 5) is 37.3. The number of fused-ring (bicyclic) bond motifs is 1. The van der Waals surface area contributed by atoms with E-state index in [9.17, 15) is 30.1 Å². The van der Waals surface area contributed by atoms with Crippen LogP contribution < -0.4 is 5.63 Å². The van der Waals surface area contributed by atoms with E-state index >= 15 is 0 Å². The number of pyridine rings is 1. The van der Waals surface area contributed by atoms with Crippen LogP contribution in [0.3, 0.4) is 0 Å². The molecule has 2 aromatic carbocycles. The van der Waals surface area contributed by atoms with Crippen LogP contribution in [-0.2, 0) is 0 Å². The third-order valence-electron chi connectivity index (χ3n) is 4.48. The van der Waals surface area contributed by atoms with Crippen LogP contribution in [0.15, 0.2) is 70.0 Å². The van der Waals surface area contributed by atoms with Gasteiger partial charge in [-0.1, -0.05) is 18.2 Å². The third-order valence-corrected chi connectivity index (χ3v) is 4.48. The van der Waals surface area contributed by atoms with E-state index in [2.05, 4.69) is 4.98 Å². The standard InChI is InChI=1S/C20H11N3O7/c24-19-15-9-14(23(28)29)5-7-17(15)30-20(25)18(19)16-6-4-12(10-21-16)11-2-1-3-13(8-11)22(26)27/h1-10,24H. The number of hydrogen-bond donors (Lipinski definition) is 1. The van der Waals surface area contributed by atoms with Crippen molar-refractivity contribution >= 4 is 22.3 Å². The molecule has 4 aromatic rings. The lowest BCUT2D eigenvalue weighted by atomic mass is 10.0. The number of benzene rings is 2. The molecule has 1 N–H and O–H groups in total. The first-order valence-corrected chi connectivity index (χ1v) is 8.50. The van der Waals surface area contributed by atoms with Crippen LogP contribution in [0.1, 0.15) is 0 Å². The van der Waals surface area contributed by atoms with E-state index in [0.29, 0.717) is 11.1 Å². The first-order valence-electron chi connectivity index (χ1n) is 8.50. The summed E-state index contributed by atoms with van der Waals surface area (Å²) in [6, 6.07) is 12.5. The van der Waals surface area contributed by atoms with Crippen LogP contribution in [0.5, 0.6) is 5.75 Å². The lowest BCUT2D eigenvalue weighted by Crippen LogP contribution is -2.05. The SMILES string of the molecule is O=c1oc2ccc([N+](=O)[O-])cc2c(O)c1-c1ccc(-c2cccc([N+](=O)[O-])c2)cn1. The average molecular weight is 405 g/mol. The van der Waals surface area contributed by atoms with Crippen LogP contribution in [0.2, 0.25) is 0 Å². The fourth-order valence-electron chi connectivity index (χ4n) is 3.03. The minimum absolute atomic E-state index is 0.0000604. The Morgan fingerprint density at radius 1 is 0.900 bits per heavy atom. The maximum absolute atomic E-state index is 12.4. The Balaban J connectivity index is 1.81. The van der Waals surface area contributed by atoms with Gasteiger partial charge in [0.05, 0.1) is 20.9 Å². The summed E-state index contributed by atoms with van der Waals surface area (Å²) in [5.41, 5.74) is -0.254. The Bertz CT molecular complexity index is 1380. The van der Waals surface area contributed by atoms with Gasteiger partial charge in [0.1, 0.15) is 16.9 Å². The van der Waals surface area contributed by atoms with Crippen LogP contribution in [0, 0.1) is 20.2 Å². The highest BCUT2D eigenvalue weighted by Crippen LogP contribution is 2.34. The predicted octanol–water partition coefficient (Wildman–Crippen LogP) is 4.04. The summed E-state index contributed by atoms with van der Waals surface area (Å²) >= 11 is 0. The Morgan fingerprint density at radius 2 is 1.63 bits per heavy atom. The quantitative estimate of drug-likeness (QED) is 0.303. The lowest BCUT2D eigenvalue weighted by Gasteiger charge is -2.07. The van der Waals surface area contributed by atoms with Gasteiger partial charge in [-0.05, 0) is 17.7 Å². The van der Waals surface area contributed by atoms with Gasteiger partial charge >= 0.3 is 5.63 Å². The molecule has 0 saturated carbocycles. The van der Waals surface area contributed by atoms with E-state index in [-0.39, 0.29) is 33.6 Å². The molecule has 0 aliphatic carbocycles. The van der Waals surface area contributed by atoms with Crippen molar-refractivity contribution in [3.8, 4) is 28.1 Å². The van der Waals surface area contributed by atoms with Gasteiger partial charge in [-0.3, -0.25) is 25.2 Å². The van der Waals surface area contributed by atoms with Crippen molar-refractivity contribution in [1.82, 2.24) is 4.98 Å². The van der Waals surface area contributed by atoms with E-state index in [0.717, 1.165) is 12.1 Å². The summed E-state index contributed by atoms with van der Waals surface area (Å²) < 4.78 is 5.17. The summed E-state index contributed by atoms with van der Waals surface area (Å²) in [7, 11) is 0. The highest BCUT2D eigenvalue weighted by Gasteiger charge is 2.19. The average Bonchev–Trinajstić information content (AvgIpc) is 2.74. The fourth-order valence-corrected chi connectivity index (χ4v) is 3.03. The molecule has 0 aliphatic heterocycles. The van der Waals surface area contributed by atoms with Crippen LogP contribution in [0.4, 0.5) is 11.4 Å². The smallest absolute Gasteiger partial charge is 0.349 e. The Morgan fingerprint density at radius 3 is 2.30 bits per heavy atom. The maximum atomic E-state index is 12.4. The number of nitro benzene ring substituents is 2. The van der Waals surface area contributed by atoms with Crippen LogP contribution in [0.25, 0.3) is 33.4 Å². The topological polar surface area (TPSA) is 150 Å². The number of aromatic nitrogens is 1. The Hall–Kier alpha value is -4.60. The van der Waals surface area contributed by atoms with Crippen molar-refractivity contribution in [2.45, 2.75) is 0 Å². The number of hydrogen-bond acceptors (Lipinski definition) is 8. The number of aromatic hydroxyl groups is 1. The highest BCUT2D eigenvalue weighted by molar-refractivity contribution is 5.91. The number of rotatable bonds is 4. The normalized spacial score (nSPS) is 10.8. The first kappa shape index (κ1) is 18.7. The zero-order valence-electron chi connectivity index (χ0n) is 15.0. The molecule has 30 heavy (non-hydrogen) atoms. The van der Waals surface area contributed by atoms with Crippen LogP contribution in [-0.4, -0.2) is 19.9 Å². The molecule has 2 heterocycles. The monoisotopic (exact) mass is 405 g/mol. The zero-order valence-corrected chi connectivity index (χ0v) is 15.0. The second-order valence-corrected chi connectivity index (χ2v) is 6.29. The van der Waals surface area contributed by atoms with Gasteiger partial charge in [0.15, 0.2) is 0 Å². The molecule has 148 valence electrons. The molecule has 0 unspecified atom stereocenters. The molecule has 0 aliphatic rings. The molecule has 0 amide bonds.